The van der Waals surface area contributed by atoms with Gasteiger partial charge >= 0.3 is 5.97 Å². The maximum Gasteiger partial charge on any atom is 0.337 e. The number of carbonyl (C=O) groups excluding carboxylic acids is 1. The van der Waals surface area contributed by atoms with Gasteiger partial charge in [-0.05, 0) is 52.9 Å². The molecule has 3 N–H and O–H groups in total. The molecule has 2 aromatic carbocycles. The molecule has 0 aliphatic heterocycles. The van der Waals surface area contributed by atoms with Crippen LogP contribution in [0.15, 0.2) is 48.5 Å². The molecule has 6 heteroatoms. The van der Waals surface area contributed by atoms with Crippen molar-refractivity contribution in [2.75, 3.05) is 17.2 Å². The van der Waals surface area contributed by atoms with Gasteiger partial charge in [-0.1, -0.05) is 18.2 Å². The molecular formula is C15H13IN2O3. The summed E-state index contributed by atoms with van der Waals surface area (Å²) in [5.74, 6) is -1.37. The van der Waals surface area contributed by atoms with Gasteiger partial charge in [-0.3, -0.25) is 4.79 Å². The van der Waals surface area contributed by atoms with E-state index in [1.807, 2.05) is 52.9 Å². The van der Waals surface area contributed by atoms with Crippen molar-refractivity contribution in [2.24, 2.45) is 0 Å². The fourth-order valence-electron chi connectivity index (χ4n) is 1.74. The molecule has 108 valence electrons. The third kappa shape index (κ3) is 4.45. The Morgan fingerprint density at radius 2 is 1.81 bits per heavy atom. The zero-order chi connectivity index (χ0) is 15.2. The normalized spacial score (nSPS) is 9.95. The van der Waals surface area contributed by atoms with Crippen LogP contribution in [-0.4, -0.2) is 23.5 Å². The minimum absolute atomic E-state index is 0.0645. The number of rotatable bonds is 5. The highest BCUT2D eigenvalue weighted by molar-refractivity contribution is 14.1. The summed E-state index contributed by atoms with van der Waals surface area (Å²) in [6.45, 7) is 0.0645. The summed E-state index contributed by atoms with van der Waals surface area (Å²) in [4.78, 5) is 23.0. The molecule has 0 spiro atoms. The maximum absolute atomic E-state index is 11.9. The standard InChI is InChI=1S/C15H13IN2O3/c16-10-6-7-13(12(8-10)15(20)21)18-14(19)9-17-11-4-2-1-3-5-11/h1-8,17H,9H2,(H,18,19)(H,20,21). The second-order valence-corrected chi connectivity index (χ2v) is 5.51. The number of hydrogen-bond acceptors (Lipinski definition) is 3. The van der Waals surface area contributed by atoms with Crippen LogP contribution in [0.4, 0.5) is 11.4 Å². The number of benzene rings is 2. The Morgan fingerprint density at radius 3 is 2.48 bits per heavy atom. The summed E-state index contributed by atoms with van der Waals surface area (Å²) < 4.78 is 0.797. The van der Waals surface area contributed by atoms with Crippen molar-refractivity contribution >= 4 is 45.8 Å². The fourth-order valence-corrected chi connectivity index (χ4v) is 2.23. The van der Waals surface area contributed by atoms with Gasteiger partial charge < -0.3 is 15.7 Å². The monoisotopic (exact) mass is 396 g/mol. The van der Waals surface area contributed by atoms with Crippen molar-refractivity contribution in [3.63, 3.8) is 0 Å². The molecule has 0 radical (unpaired) electrons. The Balaban J connectivity index is 2.01. The van der Waals surface area contributed by atoms with Gasteiger partial charge in [0.15, 0.2) is 0 Å². The van der Waals surface area contributed by atoms with Crippen molar-refractivity contribution in [1.82, 2.24) is 0 Å². The van der Waals surface area contributed by atoms with E-state index in [4.69, 9.17) is 5.11 Å². The summed E-state index contributed by atoms with van der Waals surface area (Å²) in [5.41, 5.74) is 1.20. The molecule has 2 rings (SSSR count). The van der Waals surface area contributed by atoms with Crippen LogP contribution in [0.2, 0.25) is 0 Å². The second-order valence-electron chi connectivity index (χ2n) is 4.26. The number of halogens is 1. The van der Waals surface area contributed by atoms with Gasteiger partial charge in [0.2, 0.25) is 5.91 Å². The number of amides is 1. The average Bonchev–Trinajstić information content (AvgIpc) is 2.48. The van der Waals surface area contributed by atoms with Crippen LogP contribution >= 0.6 is 22.6 Å². The zero-order valence-corrected chi connectivity index (χ0v) is 13.1. The number of carboxylic acid groups (broad SMARTS) is 1. The molecule has 0 aliphatic carbocycles. The molecule has 21 heavy (non-hydrogen) atoms. The topological polar surface area (TPSA) is 78.4 Å². The van der Waals surface area contributed by atoms with E-state index in [1.54, 1.807) is 12.1 Å². The van der Waals surface area contributed by atoms with Gasteiger partial charge in [-0.15, -0.1) is 0 Å². The Bertz CT molecular complexity index is 659. The maximum atomic E-state index is 11.9. The number of carboxylic acids is 1. The number of para-hydroxylation sites is 1. The van der Waals surface area contributed by atoms with Crippen LogP contribution in [0.1, 0.15) is 10.4 Å². The largest absolute Gasteiger partial charge is 0.478 e. The molecule has 0 saturated heterocycles. The fraction of sp³-hybridized carbons (Fsp3) is 0.0667. The lowest BCUT2D eigenvalue weighted by Gasteiger charge is -2.10. The second kappa shape index (κ2) is 7.07. The van der Waals surface area contributed by atoms with Crippen LogP contribution in [-0.2, 0) is 4.79 Å². The van der Waals surface area contributed by atoms with Crippen molar-refractivity contribution in [3.8, 4) is 0 Å². The van der Waals surface area contributed by atoms with Crippen LogP contribution in [0.5, 0.6) is 0 Å². The lowest BCUT2D eigenvalue weighted by Crippen LogP contribution is -2.23. The molecule has 0 aromatic heterocycles. The van der Waals surface area contributed by atoms with Crippen molar-refractivity contribution < 1.29 is 14.7 Å². The first-order valence-corrected chi connectivity index (χ1v) is 7.26. The first kappa shape index (κ1) is 15.3. The molecule has 0 fully saturated rings. The molecule has 0 bridgehead atoms. The predicted molar refractivity (Wildman–Crippen MR) is 89.7 cm³/mol. The van der Waals surface area contributed by atoms with Gasteiger partial charge in [-0.25, -0.2) is 4.79 Å². The number of nitrogens with one attached hydrogen (secondary N) is 2. The van der Waals surface area contributed by atoms with Gasteiger partial charge in [0.05, 0.1) is 17.8 Å². The minimum atomic E-state index is -1.07. The molecule has 0 aliphatic rings. The average molecular weight is 396 g/mol. The van der Waals surface area contributed by atoms with Crippen LogP contribution in [0.3, 0.4) is 0 Å². The van der Waals surface area contributed by atoms with Gasteiger partial charge in [0, 0.05) is 9.26 Å². The highest BCUT2D eigenvalue weighted by atomic mass is 127. The highest BCUT2D eigenvalue weighted by Crippen LogP contribution is 2.19. The minimum Gasteiger partial charge on any atom is -0.478 e. The van der Waals surface area contributed by atoms with E-state index in [9.17, 15) is 9.59 Å². The van der Waals surface area contributed by atoms with E-state index in [1.165, 1.54) is 6.07 Å². The lowest BCUT2D eigenvalue weighted by atomic mass is 10.2. The first-order valence-electron chi connectivity index (χ1n) is 6.18. The third-order valence-corrected chi connectivity index (χ3v) is 3.38. The van der Waals surface area contributed by atoms with Crippen LogP contribution in [0, 0.1) is 3.57 Å². The zero-order valence-electron chi connectivity index (χ0n) is 11.0. The predicted octanol–water partition coefficient (Wildman–Crippen LogP) is 3.04. The van der Waals surface area contributed by atoms with E-state index >= 15 is 0 Å². The van der Waals surface area contributed by atoms with Crippen molar-refractivity contribution in [2.45, 2.75) is 0 Å². The Kier molecular flexibility index (Phi) is 5.15. The number of hydrogen-bond donors (Lipinski definition) is 3. The molecule has 5 nitrogen and oxygen atoms in total. The molecule has 0 saturated carbocycles. The molecule has 0 heterocycles. The van der Waals surface area contributed by atoms with Crippen molar-refractivity contribution in [1.29, 1.82) is 0 Å². The van der Waals surface area contributed by atoms with E-state index in [-0.39, 0.29) is 18.0 Å². The quantitative estimate of drug-likeness (QED) is 0.679. The molecule has 2 aromatic rings. The Morgan fingerprint density at radius 1 is 1.10 bits per heavy atom. The van der Waals surface area contributed by atoms with E-state index in [0.717, 1.165) is 9.26 Å². The van der Waals surface area contributed by atoms with E-state index in [0.29, 0.717) is 5.69 Å². The Hall–Kier alpha value is -2.09. The van der Waals surface area contributed by atoms with Crippen LogP contribution in [0.25, 0.3) is 0 Å². The smallest absolute Gasteiger partial charge is 0.337 e. The summed E-state index contributed by atoms with van der Waals surface area (Å²) in [7, 11) is 0. The summed E-state index contributed by atoms with van der Waals surface area (Å²) in [6.07, 6.45) is 0. The Labute approximate surface area is 135 Å². The molecule has 0 atom stereocenters. The number of aromatic carboxylic acids is 1. The van der Waals surface area contributed by atoms with Crippen molar-refractivity contribution in [3.05, 3.63) is 57.7 Å². The van der Waals surface area contributed by atoms with Crippen LogP contribution < -0.4 is 10.6 Å². The summed E-state index contributed by atoms with van der Waals surface area (Å²) in [5, 5.41) is 14.7. The van der Waals surface area contributed by atoms with E-state index in [2.05, 4.69) is 10.6 Å². The summed E-state index contributed by atoms with van der Waals surface area (Å²) >= 11 is 2.03. The lowest BCUT2D eigenvalue weighted by molar-refractivity contribution is -0.114. The molecule has 0 unspecified atom stereocenters. The third-order valence-electron chi connectivity index (χ3n) is 2.71. The van der Waals surface area contributed by atoms with Gasteiger partial charge in [0.1, 0.15) is 0 Å². The molecular weight excluding hydrogens is 383 g/mol. The SMILES string of the molecule is O=C(CNc1ccccc1)Nc1ccc(I)cc1C(=O)O. The number of anilines is 2. The van der Waals surface area contributed by atoms with E-state index < -0.39 is 5.97 Å². The molecule has 1 amide bonds. The highest BCUT2D eigenvalue weighted by Gasteiger charge is 2.12. The van der Waals surface area contributed by atoms with Gasteiger partial charge in [-0.2, -0.15) is 0 Å². The first-order chi connectivity index (χ1) is 10.1. The summed E-state index contributed by atoms with van der Waals surface area (Å²) in [6, 6.07) is 14.2. The van der Waals surface area contributed by atoms with Gasteiger partial charge in [0.25, 0.3) is 0 Å². The number of carbonyl (C=O) groups is 2.